The molecule has 13 rings (SSSR count). The number of nitrogens with zero attached hydrogens (tertiary/aromatic N) is 6. The number of aromatic nitrogens is 6. The SMILES string of the molecule is c1cc(-c2ccc3oc4ccc(-n5c6ccncc6c6cnccc65)cc4c3c2)cc(-c2ccc3sc4ccc(-n5c6ccncc6c6cnccc65)cc4c3c2)c1. The van der Waals surface area contributed by atoms with Gasteiger partial charge in [0.2, 0.25) is 0 Å². The van der Waals surface area contributed by atoms with E-state index in [4.69, 9.17) is 4.42 Å². The Morgan fingerprint density at radius 1 is 0.362 bits per heavy atom. The zero-order valence-corrected chi connectivity index (χ0v) is 31.5. The van der Waals surface area contributed by atoms with Gasteiger partial charge >= 0.3 is 0 Å². The van der Waals surface area contributed by atoms with E-state index in [9.17, 15) is 0 Å². The molecular formula is C50H28N6OS. The molecular weight excluding hydrogens is 733 g/mol. The lowest BCUT2D eigenvalue weighted by Gasteiger charge is -2.09. The molecule has 0 amide bonds. The third-order valence-corrected chi connectivity index (χ3v) is 12.8. The van der Waals surface area contributed by atoms with E-state index in [2.05, 4.69) is 150 Å². The molecule has 7 nitrogen and oxygen atoms in total. The van der Waals surface area contributed by atoms with Crippen molar-refractivity contribution in [1.29, 1.82) is 0 Å². The molecule has 270 valence electrons. The lowest BCUT2D eigenvalue weighted by molar-refractivity contribution is 0.669. The van der Waals surface area contributed by atoms with Crippen LogP contribution in [0.5, 0.6) is 0 Å². The van der Waals surface area contributed by atoms with Crippen LogP contribution in [0.4, 0.5) is 0 Å². The van der Waals surface area contributed by atoms with Gasteiger partial charge in [-0.05, 0) is 113 Å². The standard InChI is InChI=1S/C50H28N6OS/c1-2-29(31-4-8-47-35(21-31)36-23-33(6-9-48(36)57-47)55-43-12-16-51-25-39(43)40-26-52-17-13-44(40)55)20-30(3-1)32-5-10-49-37(22-32)38-24-34(7-11-50(38)58-49)56-45-14-18-53-27-41(45)42-28-54-19-15-46(42)56/h1-28H. The Bertz CT molecular complexity index is 3480. The summed E-state index contributed by atoms with van der Waals surface area (Å²) in [5.41, 5.74) is 13.0. The van der Waals surface area contributed by atoms with Gasteiger partial charge in [-0.25, -0.2) is 0 Å². The maximum absolute atomic E-state index is 6.39. The predicted molar refractivity (Wildman–Crippen MR) is 237 cm³/mol. The van der Waals surface area contributed by atoms with E-state index in [0.29, 0.717) is 0 Å². The molecule has 8 heterocycles. The third-order valence-electron chi connectivity index (χ3n) is 11.7. The summed E-state index contributed by atoms with van der Waals surface area (Å²) < 4.78 is 13.5. The molecule has 0 N–H and O–H groups in total. The number of furan rings is 1. The fourth-order valence-corrected chi connectivity index (χ4v) is 10.1. The topological polar surface area (TPSA) is 74.6 Å². The molecule has 0 spiro atoms. The van der Waals surface area contributed by atoms with Crippen molar-refractivity contribution in [3.63, 3.8) is 0 Å². The lowest BCUT2D eigenvalue weighted by Crippen LogP contribution is -1.93. The Balaban J connectivity index is 0.909. The van der Waals surface area contributed by atoms with Gasteiger partial charge in [0.05, 0.1) is 22.1 Å². The van der Waals surface area contributed by atoms with E-state index in [-0.39, 0.29) is 0 Å². The summed E-state index contributed by atoms with van der Waals surface area (Å²) >= 11 is 1.84. The average molecular weight is 761 g/mol. The first kappa shape index (κ1) is 31.5. The second kappa shape index (κ2) is 11.9. The van der Waals surface area contributed by atoms with Gasteiger partial charge in [0.1, 0.15) is 11.2 Å². The monoisotopic (exact) mass is 760 g/mol. The molecule has 0 aliphatic heterocycles. The molecule has 0 saturated heterocycles. The van der Waals surface area contributed by atoms with E-state index in [1.54, 1.807) is 0 Å². The van der Waals surface area contributed by atoms with Crippen molar-refractivity contribution < 1.29 is 4.42 Å². The quantitative estimate of drug-likeness (QED) is 0.179. The Morgan fingerprint density at radius 2 is 0.776 bits per heavy atom. The molecule has 0 aliphatic rings. The van der Waals surface area contributed by atoms with Crippen LogP contribution >= 0.6 is 11.3 Å². The second-order valence-corrected chi connectivity index (χ2v) is 15.9. The zero-order valence-electron chi connectivity index (χ0n) is 30.7. The highest BCUT2D eigenvalue weighted by Gasteiger charge is 2.17. The van der Waals surface area contributed by atoms with Crippen molar-refractivity contribution in [3.05, 3.63) is 171 Å². The number of hydrogen-bond donors (Lipinski definition) is 0. The van der Waals surface area contributed by atoms with Crippen molar-refractivity contribution >= 4 is 97.1 Å². The molecule has 8 aromatic heterocycles. The fraction of sp³-hybridized carbons (Fsp3) is 0. The summed E-state index contributed by atoms with van der Waals surface area (Å²) in [5.74, 6) is 0. The largest absolute Gasteiger partial charge is 0.456 e. The van der Waals surface area contributed by atoms with Crippen LogP contribution in [0.1, 0.15) is 0 Å². The molecule has 8 heteroatoms. The third kappa shape index (κ3) is 4.54. The lowest BCUT2D eigenvalue weighted by atomic mass is 9.97. The first-order valence-electron chi connectivity index (χ1n) is 19.1. The van der Waals surface area contributed by atoms with E-state index >= 15 is 0 Å². The van der Waals surface area contributed by atoms with E-state index in [1.807, 2.05) is 60.9 Å². The summed E-state index contributed by atoms with van der Waals surface area (Å²) in [5, 5.41) is 9.03. The van der Waals surface area contributed by atoms with Gasteiger partial charge in [-0.3, -0.25) is 19.9 Å². The molecule has 0 radical (unpaired) electrons. The summed E-state index contributed by atoms with van der Waals surface area (Å²) in [6.45, 7) is 0. The van der Waals surface area contributed by atoms with E-state index in [0.717, 1.165) is 88.1 Å². The molecule has 58 heavy (non-hydrogen) atoms. The first-order chi connectivity index (χ1) is 28.7. The number of thiophene rings is 1. The van der Waals surface area contributed by atoms with Gasteiger partial charge in [0.25, 0.3) is 0 Å². The predicted octanol–water partition coefficient (Wildman–Crippen LogP) is 13.1. The molecule has 0 bridgehead atoms. The van der Waals surface area contributed by atoms with Crippen LogP contribution in [0.3, 0.4) is 0 Å². The van der Waals surface area contributed by atoms with Crippen molar-refractivity contribution in [1.82, 2.24) is 29.1 Å². The maximum Gasteiger partial charge on any atom is 0.135 e. The van der Waals surface area contributed by atoms with Crippen LogP contribution in [0.25, 0.3) is 119 Å². The molecule has 0 atom stereocenters. The van der Waals surface area contributed by atoms with E-state index in [1.165, 1.54) is 31.3 Å². The minimum Gasteiger partial charge on any atom is -0.456 e. The second-order valence-electron chi connectivity index (χ2n) is 14.8. The Kier molecular flexibility index (Phi) is 6.47. The van der Waals surface area contributed by atoms with Crippen molar-refractivity contribution in [2.24, 2.45) is 0 Å². The smallest absolute Gasteiger partial charge is 0.135 e. The minimum atomic E-state index is 0.861. The Labute approximate surface area is 333 Å². The van der Waals surface area contributed by atoms with Gasteiger partial charge in [-0.15, -0.1) is 11.3 Å². The molecule has 0 saturated carbocycles. The Morgan fingerprint density at radius 3 is 1.34 bits per heavy atom. The Hall–Kier alpha value is -7.68. The molecule has 5 aromatic carbocycles. The number of rotatable bonds is 4. The highest BCUT2D eigenvalue weighted by Crippen LogP contribution is 2.41. The van der Waals surface area contributed by atoms with Gasteiger partial charge in [0.15, 0.2) is 0 Å². The van der Waals surface area contributed by atoms with Gasteiger partial charge < -0.3 is 13.6 Å². The first-order valence-corrected chi connectivity index (χ1v) is 20.0. The minimum absolute atomic E-state index is 0.861. The van der Waals surface area contributed by atoms with E-state index < -0.39 is 0 Å². The summed E-state index contributed by atoms with van der Waals surface area (Å²) in [6, 6.07) is 43.8. The number of hydrogen-bond acceptors (Lipinski definition) is 6. The molecule has 0 aliphatic carbocycles. The van der Waals surface area contributed by atoms with Crippen molar-refractivity contribution in [3.8, 4) is 33.6 Å². The van der Waals surface area contributed by atoms with Crippen molar-refractivity contribution in [2.75, 3.05) is 0 Å². The summed E-state index contributed by atoms with van der Waals surface area (Å²) in [6.07, 6.45) is 15.1. The van der Waals surface area contributed by atoms with Crippen molar-refractivity contribution in [2.45, 2.75) is 0 Å². The molecule has 13 aromatic rings. The highest BCUT2D eigenvalue weighted by molar-refractivity contribution is 7.25. The summed E-state index contributed by atoms with van der Waals surface area (Å²) in [7, 11) is 0. The zero-order chi connectivity index (χ0) is 37.9. The van der Waals surface area contributed by atoms with Crippen LogP contribution in [0.2, 0.25) is 0 Å². The molecule has 0 unspecified atom stereocenters. The molecule has 0 fully saturated rings. The summed E-state index contributed by atoms with van der Waals surface area (Å²) in [4.78, 5) is 17.7. The highest BCUT2D eigenvalue weighted by atomic mass is 32.1. The van der Waals surface area contributed by atoms with Crippen LogP contribution < -0.4 is 0 Å². The normalized spacial score (nSPS) is 12.1. The fourth-order valence-electron chi connectivity index (χ4n) is 9.02. The number of pyridine rings is 4. The van der Waals surface area contributed by atoms with Gasteiger partial charge in [-0.2, -0.15) is 0 Å². The van der Waals surface area contributed by atoms with Crippen LogP contribution in [0, 0.1) is 0 Å². The van der Waals surface area contributed by atoms with Crippen LogP contribution in [-0.2, 0) is 0 Å². The maximum atomic E-state index is 6.39. The van der Waals surface area contributed by atoms with Crippen LogP contribution in [-0.4, -0.2) is 29.1 Å². The van der Waals surface area contributed by atoms with Crippen LogP contribution in [0.15, 0.2) is 175 Å². The number of fused-ring (bicyclic) bond motifs is 12. The van der Waals surface area contributed by atoms with Gasteiger partial charge in [-0.1, -0.05) is 30.3 Å². The number of benzene rings is 5. The van der Waals surface area contributed by atoms with Gasteiger partial charge in [0, 0.05) is 113 Å². The average Bonchev–Trinajstić information content (AvgIpc) is 4.03.